The summed E-state index contributed by atoms with van der Waals surface area (Å²) in [5.41, 5.74) is -0.522. The molecular formula is C39H49N3O8. The van der Waals surface area contributed by atoms with Crippen LogP contribution in [0.1, 0.15) is 82.3 Å². The molecule has 3 heterocycles. The molecule has 6 bridgehead atoms. The minimum absolute atomic E-state index is 0.0673. The number of carbonyl (C=O) groups is 4. The van der Waals surface area contributed by atoms with E-state index in [4.69, 9.17) is 18.9 Å². The number of rotatable bonds is 4. The number of hydrogen-bond donors (Lipinski definition) is 2. The molecule has 1 saturated carbocycles. The number of esters is 1. The van der Waals surface area contributed by atoms with Crippen LogP contribution in [0.25, 0.3) is 16.8 Å². The molecule has 11 heteroatoms. The second kappa shape index (κ2) is 15.2. The number of fused-ring (bicyclic) bond motifs is 6. The molecule has 6 rings (SSSR count). The van der Waals surface area contributed by atoms with E-state index >= 15 is 0 Å². The molecule has 3 aliphatic heterocycles. The Morgan fingerprint density at radius 1 is 0.980 bits per heavy atom. The van der Waals surface area contributed by atoms with E-state index in [1.54, 1.807) is 21.1 Å². The first-order chi connectivity index (χ1) is 24.2. The zero-order chi connectivity index (χ0) is 35.3. The van der Waals surface area contributed by atoms with Gasteiger partial charge in [0.05, 0.1) is 26.9 Å². The molecule has 268 valence electrons. The second-order valence-electron chi connectivity index (χ2n) is 13.8. The van der Waals surface area contributed by atoms with Crippen molar-refractivity contribution in [1.82, 2.24) is 15.5 Å². The minimum Gasteiger partial charge on any atom is -0.496 e. The lowest BCUT2D eigenvalue weighted by Gasteiger charge is -2.31. The molecule has 0 unspecified atom stereocenters. The number of methoxy groups -OCH3 is 2. The van der Waals surface area contributed by atoms with Gasteiger partial charge in [-0.05, 0) is 86.4 Å². The summed E-state index contributed by atoms with van der Waals surface area (Å²) in [5, 5.41) is 7.80. The van der Waals surface area contributed by atoms with Gasteiger partial charge >= 0.3 is 12.1 Å². The number of benzene rings is 2. The minimum atomic E-state index is -1.20. The quantitative estimate of drug-likeness (QED) is 0.317. The van der Waals surface area contributed by atoms with Gasteiger partial charge in [-0.15, -0.1) is 0 Å². The smallest absolute Gasteiger partial charge is 0.407 e. The largest absolute Gasteiger partial charge is 0.496 e. The zero-order valence-corrected chi connectivity index (χ0v) is 29.3. The van der Waals surface area contributed by atoms with Crippen molar-refractivity contribution < 1.29 is 38.1 Å². The maximum absolute atomic E-state index is 14.6. The summed E-state index contributed by atoms with van der Waals surface area (Å²) in [6.45, 7) is 2.20. The molecule has 3 amide bonds. The third-order valence-electron chi connectivity index (χ3n) is 10.6. The van der Waals surface area contributed by atoms with Crippen molar-refractivity contribution in [2.24, 2.45) is 5.92 Å². The predicted octanol–water partition coefficient (Wildman–Crippen LogP) is 5.54. The van der Waals surface area contributed by atoms with Gasteiger partial charge in [-0.3, -0.25) is 9.59 Å². The number of amides is 3. The van der Waals surface area contributed by atoms with Gasteiger partial charge in [0.25, 0.3) is 0 Å². The first-order valence-electron chi connectivity index (χ1n) is 18.0. The standard InChI is InChI=1S/C39H49N3O8/c1-4-49-36(45)39-23-30(39)15-11-6-5-7-12-16-31-35(44)42-25-38(48-3,24-32(42)34(43)41-39)29-18-17-26-22-33(47-2)27(20-28(26)21-29)14-10-8-9-13-19-50-37(46)40-31/h10-11,14-15,17-18,20-22,30-32H,4-9,12-13,16,19,23-25H2,1-3H3,(H,40,46)(H,41,43)/b14-10?,15-11-/t30-,31+,32+,38+,39-/m1/s1. The fraction of sp³-hybridized carbons (Fsp3) is 0.538. The summed E-state index contributed by atoms with van der Waals surface area (Å²) in [4.78, 5) is 56.9. The molecule has 1 saturated heterocycles. The topological polar surface area (TPSA) is 132 Å². The molecule has 1 aliphatic carbocycles. The molecule has 4 aliphatic rings. The normalized spacial score (nSPS) is 29.8. The van der Waals surface area contributed by atoms with Crippen LogP contribution >= 0.6 is 0 Å². The fourth-order valence-electron chi connectivity index (χ4n) is 7.64. The predicted molar refractivity (Wildman–Crippen MR) is 188 cm³/mol. The van der Waals surface area contributed by atoms with Crippen LogP contribution in [0, 0.1) is 5.92 Å². The number of nitrogens with zero attached hydrogens (tertiary/aromatic N) is 1. The van der Waals surface area contributed by atoms with Gasteiger partial charge in [-0.25, -0.2) is 9.59 Å². The van der Waals surface area contributed by atoms with Crippen LogP contribution in [0.2, 0.25) is 0 Å². The van der Waals surface area contributed by atoms with Gasteiger partial charge in [-0.2, -0.15) is 0 Å². The van der Waals surface area contributed by atoms with Gasteiger partial charge in [-0.1, -0.05) is 49.3 Å². The highest BCUT2D eigenvalue weighted by Gasteiger charge is 2.63. The third kappa shape index (κ3) is 7.24. The van der Waals surface area contributed by atoms with Crippen molar-refractivity contribution in [3.63, 3.8) is 0 Å². The summed E-state index contributed by atoms with van der Waals surface area (Å²) >= 11 is 0. The SMILES string of the molecule is CCOC(=O)[C@@]12C[C@H]1/C=C\CCCCC[C@@H]1NC(=O)OCCCCC=Cc3cc4cc(ccc4cc3OC)[C@]3(OC)C[C@@H](C(=O)N2)N(C3)C1=O. The van der Waals surface area contributed by atoms with E-state index in [0.29, 0.717) is 25.7 Å². The lowest BCUT2D eigenvalue weighted by atomic mass is 9.88. The van der Waals surface area contributed by atoms with E-state index in [-0.39, 0.29) is 38.0 Å². The maximum atomic E-state index is 14.6. The molecule has 2 aromatic carbocycles. The van der Waals surface area contributed by atoms with E-state index < -0.39 is 41.2 Å². The molecule has 2 N–H and O–H groups in total. The number of carbonyl (C=O) groups excluding carboxylic acids is 4. The van der Waals surface area contributed by atoms with Crippen LogP contribution in [-0.2, 0) is 34.2 Å². The molecule has 0 spiro atoms. The second-order valence-corrected chi connectivity index (χ2v) is 13.8. The lowest BCUT2D eigenvalue weighted by Crippen LogP contribution is -2.56. The summed E-state index contributed by atoms with van der Waals surface area (Å²) in [7, 11) is 3.24. The summed E-state index contributed by atoms with van der Waals surface area (Å²) in [5.74, 6) is -0.784. The van der Waals surface area contributed by atoms with Gasteiger partial charge in [0.2, 0.25) is 11.8 Å². The number of alkyl carbamates (subject to hydrolysis) is 1. The van der Waals surface area contributed by atoms with Crippen LogP contribution < -0.4 is 15.4 Å². The van der Waals surface area contributed by atoms with E-state index in [9.17, 15) is 19.2 Å². The monoisotopic (exact) mass is 687 g/mol. The van der Waals surface area contributed by atoms with Crippen molar-refractivity contribution in [1.29, 1.82) is 0 Å². The number of cyclic esters (lactones) is 1. The van der Waals surface area contributed by atoms with Crippen molar-refractivity contribution in [3.05, 3.63) is 59.7 Å². The first kappa shape index (κ1) is 35.4. The Kier molecular flexibility index (Phi) is 10.8. The molecule has 5 atom stereocenters. The molecule has 0 aromatic heterocycles. The van der Waals surface area contributed by atoms with Gasteiger partial charge in [0, 0.05) is 25.0 Å². The molecular weight excluding hydrogens is 638 g/mol. The number of ether oxygens (including phenoxy) is 4. The van der Waals surface area contributed by atoms with Crippen LogP contribution in [0.4, 0.5) is 4.79 Å². The highest BCUT2D eigenvalue weighted by molar-refractivity contribution is 5.97. The molecule has 2 aromatic rings. The number of nitrogens with one attached hydrogen (secondary N) is 2. The Balaban J connectivity index is 1.44. The average Bonchev–Trinajstić information content (AvgIpc) is 3.66. The van der Waals surface area contributed by atoms with E-state index in [1.807, 2.05) is 36.4 Å². The van der Waals surface area contributed by atoms with Crippen molar-refractivity contribution in [2.75, 3.05) is 34.0 Å². The Morgan fingerprint density at radius 2 is 1.80 bits per heavy atom. The van der Waals surface area contributed by atoms with E-state index in [0.717, 1.165) is 59.8 Å². The molecule has 11 nitrogen and oxygen atoms in total. The Bertz CT molecular complexity index is 1670. The Morgan fingerprint density at radius 3 is 2.60 bits per heavy atom. The molecule has 0 radical (unpaired) electrons. The van der Waals surface area contributed by atoms with Crippen LogP contribution in [0.15, 0.2) is 48.6 Å². The maximum Gasteiger partial charge on any atom is 0.407 e. The summed E-state index contributed by atoms with van der Waals surface area (Å²) in [6.07, 6.45) is 14.0. The Hall–Kier alpha value is -4.38. The fourth-order valence-corrected chi connectivity index (χ4v) is 7.64. The van der Waals surface area contributed by atoms with Crippen LogP contribution in [-0.4, -0.2) is 80.4 Å². The zero-order valence-electron chi connectivity index (χ0n) is 29.3. The van der Waals surface area contributed by atoms with E-state index in [2.05, 4.69) is 28.9 Å². The molecule has 2 fully saturated rings. The first-order valence-corrected chi connectivity index (χ1v) is 18.0. The van der Waals surface area contributed by atoms with Crippen molar-refractivity contribution in [2.45, 2.75) is 94.4 Å². The van der Waals surface area contributed by atoms with E-state index in [1.165, 1.54) is 4.90 Å². The highest BCUT2D eigenvalue weighted by atomic mass is 16.5. The summed E-state index contributed by atoms with van der Waals surface area (Å²) in [6, 6.07) is 8.20. The number of hydrogen-bond acceptors (Lipinski definition) is 8. The highest BCUT2D eigenvalue weighted by Crippen LogP contribution is 2.47. The number of allylic oxidation sites excluding steroid dienone is 2. The molecule has 50 heavy (non-hydrogen) atoms. The van der Waals surface area contributed by atoms with Gasteiger partial charge < -0.3 is 34.5 Å². The van der Waals surface area contributed by atoms with Crippen molar-refractivity contribution in [3.8, 4) is 5.75 Å². The lowest BCUT2D eigenvalue weighted by molar-refractivity contribution is -0.150. The third-order valence-corrected chi connectivity index (χ3v) is 10.6. The van der Waals surface area contributed by atoms with Gasteiger partial charge in [0.15, 0.2) is 0 Å². The average molecular weight is 688 g/mol. The van der Waals surface area contributed by atoms with Crippen molar-refractivity contribution >= 4 is 40.7 Å². The Labute approximate surface area is 293 Å². The summed E-state index contributed by atoms with van der Waals surface area (Å²) < 4.78 is 23.0. The van der Waals surface area contributed by atoms with Crippen LogP contribution in [0.5, 0.6) is 5.75 Å². The van der Waals surface area contributed by atoms with Gasteiger partial charge in [0.1, 0.15) is 29.0 Å². The van der Waals surface area contributed by atoms with Crippen LogP contribution in [0.3, 0.4) is 0 Å².